The molecule has 1 rings (SSSR count). The predicted octanol–water partition coefficient (Wildman–Crippen LogP) is 2.86. The van der Waals surface area contributed by atoms with E-state index >= 15 is 0 Å². The number of alkyl halides is 1. The summed E-state index contributed by atoms with van der Waals surface area (Å²) in [4.78, 5) is 11.3. The molecule has 0 N–H and O–H groups in total. The summed E-state index contributed by atoms with van der Waals surface area (Å²) < 4.78 is 18.5. The molecule has 0 saturated heterocycles. The lowest BCUT2D eigenvalue weighted by Gasteiger charge is -2.07. The van der Waals surface area contributed by atoms with Crippen molar-refractivity contribution in [3.05, 3.63) is 27.1 Å². The summed E-state index contributed by atoms with van der Waals surface area (Å²) in [5, 5.41) is 0. The summed E-state index contributed by atoms with van der Waals surface area (Å²) in [6.07, 6.45) is 0. The average molecular weight is 329 g/mol. The average Bonchev–Trinajstić information content (AvgIpc) is 2.19. The van der Waals surface area contributed by atoms with Gasteiger partial charge in [0.15, 0.2) is 5.78 Å². The number of hydrogen-bond acceptors (Lipinski definition) is 2. The predicted molar refractivity (Wildman–Crippen MR) is 60.7 cm³/mol. The number of ketones is 1. The second kappa shape index (κ2) is 4.93. The van der Waals surface area contributed by atoms with E-state index in [2.05, 4.69) is 0 Å². The van der Waals surface area contributed by atoms with Crippen LogP contribution in [0.5, 0.6) is 5.75 Å². The fourth-order valence-electron chi connectivity index (χ4n) is 0.988. The van der Waals surface area contributed by atoms with Crippen LogP contribution in [0.4, 0.5) is 4.39 Å². The Morgan fingerprint density at radius 1 is 1.64 bits per heavy atom. The number of halogens is 3. The largest absolute Gasteiger partial charge is 0.496 e. The molecule has 0 aliphatic carbocycles. The van der Waals surface area contributed by atoms with Gasteiger partial charge in [-0.15, -0.1) is 11.6 Å². The van der Waals surface area contributed by atoms with Crippen molar-refractivity contribution in [3.8, 4) is 5.75 Å². The van der Waals surface area contributed by atoms with Gasteiger partial charge in [0.1, 0.15) is 11.6 Å². The SMILES string of the molecule is COc1cc(F)cc(C(=O)CCl)c1I. The standard InChI is InChI=1S/C9H7ClFIO2/c1-14-8-3-5(11)2-6(9(8)12)7(13)4-10/h2-3H,4H2,1H3. The maximum Gasteiger partial charge on any atom is 0.178 e. The van der Waals surface area contributed by atoms with E-state index in [0.717, 1.165) is 6.07 Å². The molecular formula is C9H7ClFIO2. The molecule has 0 unspecified atom stereocenters. The molecule has 0 saturated carbocycles. The van der Waals surface area contributed by atoms with Gasteiger partial charge in [0, 0.05) is 11.6 Å². The number of Topliss-reactive ketones (excluding diaryl/α,β-unsaturated/α-hetero) is 1. The number of carbonyl (C=O) groups is 1. The van der Waals surface area contributed by atoms with Crippen molar-refractivity contribution >= 4 is 40.0 Å². The van der Waals surface area contributed by atoms with Gasteiger partial charge in [0.25, 0.3) is 0 Å². The van der Waals surface area contributed by atoms with E-state index < -0.39 is 5.82 Å². The number of carbonyl (C=O) groups excluding carboxylic acids is 1. The Balaban J connectivity index is 3.29. The third kappa shape index (κ3) is 2.36. The highest BCUT2D eigenvalue weighted by Gasteiger charge is 2.14. The topological polar surface area (TPSA) is 26.3 Å². The lowest BCUT2D eigenvalue weighted by molar-refractivity contribution is 0.101. The molecule has 0 aromatic heterocycles. The molecule has 2 nitrogen and oxygen atoms in total. The van der Waals surface area contributed by atoms with Crippen molar-refractivity contribution in [2.24, 2.45) is 0 Å². The lowest BCUT2D eigenvalue weighted by Crippen LogP contribution is -2.05. The van der Waals surface area contributed by atoms with Gasteiger partial charge in [0.2, 0.25) is 0 Å². The van der Waals surface area contributed by atoms with Crippen LogP contribution in [-0.2, 0) is 0 Å². The van der Waals surface area contributed by atoms with Crippen molar-refractivity contribution in [1.29, 1.82) is 0 Å². The van der Waals surface area contributed by atoms with Gasteiger partial charge in [-0.2, -0.15) is 0 Å². The molecule has 0 amide bonds. The van der Waals surface area contributed by atoms with Gasteiger partial charge in [-0.3, -0.25) is 4.79 Å². The van der Waals surface area contributed by atoms with Crippen LogP contribution < -0.4 is 4.74 Å². The third-order valence-electron chi connectivity index (χ3n) is 1.65. The zero-order chi connectivity index (χ0) is 10.7. The van der Waals surface area contributed by atoms with Crippen LogP contribution in [0.25, 0.3) is 0 Å². The minimum atomic E-state index is -0.504. The molecule has 5 heteroatoms. The van der Waals surface area contributed by atoms with Crippen molar-refractivity contribution in [2.45, 2.75) is 0 Å². The molecule has 1 aromatic rings. The van der Waals surface area contributed by atoms with Gasteiger partial charge in [0.05, 0.1) is 16.6 Å². The number of benzene rings is 1. The molecule has 0 radical (unpaired) electrons. The highest BCUT2D eigenvalue weighted by Crippen LogP contribution is 2.26. The van der Waals surface area contributed by atoms with Gasteiger partial charge in [-0.1, -0.05) is 0 Å². The second-order valence-corrected chi connectivity index (χ2v) is 3.87. The molecule has 1 aromatic carbocycles. The second-order valence-electron chi connectivity index (χ2n) is 2.53. The van der Waals surface area contributed by atoms with E-state index in [1.54, 1.807) is 0 Å². The maximum atomic E-state index is 13.0. The Bertz CT molecular complexity index is 368. The zero-order valence-corrected chi connectivity index (χ0v) is 10.2. The van der Waals surface area contributed by atoms with Crippen LogP contribution in [0.1, 0.15) is 10.4 Å². The molecule has 0 aliphatic heterocycles. The lowest BCUT2D eigenvalue weighted by atomic mass is 10.1. The smallest absolute Gasteiger partial charge is 0.178 e. The first kappa shape index (κ1) is 11.7. The van der Waals surface area contributed by atoms with Crippen molar-refractivity contribution < 1.29 is 13.9 Å². The summed E-state index contributed by atoms with van der Waals surface area (Å²) >= 11 is 7.32. The molecule has 0 bridgehead atoms. The van der Waals surface area contributed by atoms with Crippen molar-refractivity contribution in [1.82, 2.24) is 0 Å². The zero-order valence-electron chi connectivity index (χ0n) is 7.31. The first-order valence-electron chi connectivity index (χ1n) is 3.72. The molecule has 0 aliphatic rings. The Morgan fingerprint density at radius 2 is 2.29 bits per heavy atom. The summed E-state index contributed by atoms with van der Waals surface area (Å²) in [6, 6.07) is 2.39. The van der Waals surface area contributed by atoms with E-state index in [9.17, 15) is 9.18 Å². The van der Waals surface area contributed by atoms with Crippen molar-refractivity contribution in [2.75, 3.05) is 13.0 Å². The number of methoxy groups -OCH3 is 1. The Kier molecular flexibility index (Phi) is 4.12. The van der Waals surface area contributed by atoms with Gasteiger partial charge in [-0.25, -0.2) is 4.39 Å². The maximum absolute atomic E-state index is 13.0. The monoisotopic (exact) mass is 328 g/mol. The molecule has 0 fully saturated rings. The normalized spacial score (nSPS) is 10.0. The van der Waals surface area contributed by atoms with E-state index in [4.69, 9.17) is 16.3 Å². The van der Waals surface area contributed by atoms with Crippen LogP contribution >= 0.6 is 34.2 Å². The van der Waals surface area contributed by atoms with Crippen LogP contribution in [0, 0.1) is 9.39 Å². The first-order chi connectivity index (χ1) is 6.60. The van der Waals surface area contributed by atoms with Crippen molar-refractivity contribution in [3.63, 3.8) is 0 Å². The number of hydrogen-bond donors (Lipinski definition) is 0. The van der Waals surface area contributed by atoms with Crippen LogP contribution in [-0.4, -0.2) is 18.8 Å². The highest BCUT2D eigenvalue weighted by molar-refractivity contribution is 14.1. The van der Waals surface area contributed by atoms with Gasteiger partial charge in [-0.05, 0) is 28.7 Å². The fourth-order valence-corrected chi connectivity index (χ4v) is 1.96. The quantitative estimate of drug-likeness (QED) is 0.484. The Morgan fingerprint density at radius 3 is 2.79 bits per heavy atom. The molecule has 0 spiro atoms. The fraction of sp³-hybridized carbons (Fsp3) is 0.222. The van der Waals surface area contributed by atoms with Crippen LogP contribution in [0.2, 0.25) is 0 Å². The molecule has 0 heterocycles. The minimum absolute atomic E-state index is 0.164. The Hall–Kier alpha value is -0.360. The van der Waals surface area contributed by atoms with E-state index in [0.29, 0.717) is 9.32 Å². The van der Waals surface area contributed by atoms with Gasteiger partial charge >= 0.3 is 0 Å². The van der Waals surface area contributed by atoms with E-state index in [-0.39, 0.29) is 17.2 Å². The molecule has 76 valence electrons. The molecule has 14 heavy (non-hydrogen) atoms. The first-order valence-corrected chi connectivity index (χ1v) is 5.33. The minimum Gasteiger partial charge on any atom is -0.496 e. The van der Waals surface area contributed by atoms with E-state index in [1.807, 2.05) is 22.6 Å². The number of ether oxygens (including phenoxy) is 1. The highest BCUT2D eigenvalue weighted by atomic mass is 127. The van der Waals surface area contributed by atoms with Crippen LogP contribution in [0.15, 0.2) is 12.1 Å². The van der Waals surface area contributed by atoms with E-state index in [1.165, 1.54) is 13.2 Å². The summed E-state index contributed by atoms with van der Waals surface area (Å²) in [6.45, 7) is 0. The Labute approximate surface area is 99.5 Å². The third-order valence-corrected chi connectivity index (χ3v) is 3.00. The van der Waals surface area contributed by atoms with Crippen LogP contribution in [0.3, 0.4) is 0 Å². The summed E-state index contributed by atoms with van der Waals surface area (Å²) in [5.41, 5.74) is 0.262. The summed E-state index contributed by atoms with van der Waals surface area (Å²) in [7, 11) is 1.42. The number of rotatable bonds is 3. The summed E-state index contributed by atoms with van der Waals surface area (Å²) in [5.74, 6) is -0.633. The van der Waals surface area contributed by atoms with Gasteiger partial charge < -0.3 is 4.74 Å². The molecular weight excluding hydrogens is 321 g/mol. The molecule has 0 atom stereocenters.